The van der Waals surface area contributed by atoms with E-state index in [0.717, 1.165) is 75.5 Å². The predicted molar refractivity (Wildman–Crippen MR) is 307 cm³/mol. The molecule has 6 nitrogen and oxygen atoms in total. The van der Waals surface area contributed by atoms with Crippen LogP contribution < -0.4 is 0 Å². The molecule has 0 saturated carbocycles. The molecule has 0 heterocycles. The summed E-state index contributed by atoms with van der Waals surface area (Å²) in [6.45, 7) is 13.8. The van der Waals surface area contributed by atoms with E-state index in [2.05, 4.69) is 41.5 Å². The highest BCUT2D eigenvalue weighted by Crippen LogP contribution is 2.19. The average Bonchev–Trinajstić information content (AvgIpc) is 3.35. The standard InChI is InChI=1S/C65H126O6/c1-7-61(6)53-47-41-35-29-23-19-15-10-8-9-11-16-20-24-30-36-42-48-54-63(66)69-57-62(71-65(68)56-50-44-38-32-26-28-34-40-46-52-60(4)5)58-70-64(67)55-49-43-37-31-25-21-17-13-12-14-18-22-27-33-39-45-51-59(2)3/h59-62H,7-58H2,1-6H3/t61?,62-/m1/s1. The maximum atomic E-state index is 12.9. The first-order chi connectivity index (χ1) is 34.6. The Morgan fingerprint density at radius 3 is 0.732 bits per heavy atom. The lowest BCUT2D eigenvalue weighted by atomic mass is 9.99. The highest BCUT2D eigenvalue weighted by molar-refractivity contribution is 5.71. The first-order valence-electron chi connectivity index (χ1n) is 32.1. The minimum Gasteiger partial charge on any atom is -0.462 e. The van der Waals surface area contributed by atoms with Crippen LogP contribution in [-0.2, 0) is 28.6 Å². The quantitative estimate of drug-likeness (QED) is 0.0343. The van der Waals surface area contributed by atoms with Crippen LogP contribution in [0.1, 0.15) is 363 Å². The molecule has 2 atom stereocenters. The van der Waals surface area contributed by atoms with Gasteiger partial charge in [0, 0.05) is 19.3 Å². The van der Waals surface area contributed by atoms with Crippen molar-refractivity contribution in [3.05, 3.63) is 0 Å². The van der Waals surface area contributed by atoms with E-state index in [1.165, 1.54) is 244 Å². The van der Waals surface area contributed by atoms with Crippen molar-refractivity contribution in [3.8, 4) is 0 Å². The van der Waals surface area contributed by atoms with Crippen LogP contribution in [0.4, 0.5) is 0 Å². The Hall–Kier alpha value is -1.59. The number of rotatable bonds is 58. The van der Waals surface area contributed by atoms with Crippen LogP contribution in [0, 0.1) is 17.8 Å². The second-order valence-corrected chi connectivity index (χ2v) is 23.6. The van der Waals surface area contributed by atoms with Gasteiger partial charge in [-0.2, -0.15) is 0 Å². The molecule has 0 aromatic rings. The zero-order valence-electron chi connectivity index (χ0n) is 49.0. The Morgan fingerprint density at radius 2 is 0.493 bits per heavy atom. The van der Waals surface area contributed by atoms with Crippen LogP contribution in [-0.4, -0.2) is 37.2 Å². The van der Waals surface area contributed by atoms with Gasteiger partial charge in [-0.25, -0.2) is 0 Å². The van der Waals surface area contributed by atoms with Gasteiger partial charge in [0.25, 0.3) is 0 Å². The van der Waals surface area contributed by atoms with Gasteiger partial charge in [0.2, 0.25) is 0 Å². The van der Waals surface area contributed by atoms with E-state index in [0.29, 0.717) is 19.3 Å². The summed E-state index contributed by atoms with van der Waals surface area (Å²) in [5, 5.41) is 0. The van der Waals surface area contributed by atoms with Gasteiger partial charge < -0.3 is 14.2 Å². The number of carbonyl (C=O) groups is 3. The third kappa shape index (κ3) is 57.5. The summed E-state index contributed by atoms with van der Waals surface area (Å²) in [6, 6.07) is 0. The monoisotopic (exact) mass is 1000 g/mol. The molecule has 0 radical (unpaired) electrons. The molecule has 422 valence electrons. The molecule has 0 aromatic carbocycles. The molecule has 0 aromatic heterocycles. The van der Waals surface area contributed by atoms with Crippen LogP contribution in [0.2, 0.25) is 0 Å². The second kappa shape index (κ2) is 56.1. The first kappa shape index (κ1) is 69.4. The largest absolute Gasteiger partial charge is 0.462 e. The first-order valence-corrected chi connectivity index (χ1v) is 32.1. The number of ether oxygens (including phenoxy) is 3. The normalized spacial score (nSPS) is 12.5. The minimum absolute atomic E-state index is 0.0631. The predicted octanol–water partition coefficient (Wildman–Crippen LogP) is 21.5. The van der Waals surface area contributed by atoms with Gasteiger partial charge in [-0.3, -0.25) is 14.4 Å². The highest BCUT2D eigenvalue weighted by atomic mass is 16.6. The maximum absolute atomic E-state index is 12.9. The van der Waals surface area contributed by atoms with Crippen LogP contribution in [0.15, 0.2) is 0 Å². The lowest BCUT2D eigenvalue weighted by molar-refractivity contribution is -0.167. The molecule has 71 heavy (non-hydrogen) atoms. The van der Waals surface area contributed by atoms with Crippen molar-refractivity contribution in [1.82, 2.24) is 0 Å². The van der Waals surface area contributed by atoms with Crippen molar-refractivity contribution in [2.24, 2.45) is 17.8 Å². The fourth-order valence-electron chi connectivity index (χ4n) is 10.0. The number of esters is 3. The number of carbonyl (C=O) groups excluding carboxylic acids is 3. The van der Waals surface area contributed by atoms with Crippen LogP contribution in [0.25, 0.3) is 0 Å². The molecular formula is C65H126O6. The third-order valence-corrected chi connectivity index (χ3v) is 15.3. The number of hydrogen-bond donors (Lipinski definition) is 0. The summed E-state index contributed by atoms with van der Waals surface area (Å²) in [4.78, 5) is 38.3. The second-order valence-electron chi connectivity index (χ2n) is 23.6. The highest BCUT2D eigenvalue weighted by Gasteiger charge is 2.19. The number of hydrogen-bond acceptors (Lipinski definition) is 6. The van der Waals surface area contributed by atoms with Crippen molar-refractivity contribution in [2.45, 2.75) is 369 Å². The molecule has 0 aliphatic rings. The molecule has 6 heteroatoms. The van der Waals surface area contributed by atoms with Gasteiger partial charge in [0.1, 0.15) is 13.2 Å². The third-order valence-electron chi connectivity index (χ3n) is 15.3. The zero-order chi connectivity index (χ0) is 51.9. The number of unbranched alkanes of at least 4 members (excludes halogenated alkanes) is 40. The van der Waals surface area contributed by atoms with Gasteiger partial charge in [-0.15, -0.1) is 0 Å². The van der Waals surface area contributed by atoms with E-state index >= 15 is 0 Å². The SMILES string of the molecule is CCC(C)CCCCCCCCCCCCCCCCCCCCC(=O)OC[C@H](COC(=O)CCCCCCCCCCCCCCCCCCC(C)C)OC(=O)CCCCCCCCCCCC(C)C. The zero-order valence-corrected chi connectivity index (χ0v) is 49.0. The Labute approximate surface area is 444 Å². The Morgan fingerprint density at radius 1 is 0.282 bits per heavy atom. The van der Waals surface area contributed by atoms with Gasteiger partial charge >= 0.3 is 17.9 Å². The van der Waals surface area contributed by atoms with Crippen LogP contribution >= 0.6 is 0 Å². The van der Waals surface area contributed by atoms with Gasteiger partial charge in [0.05, 0.1) is 0 Å². The molecule has 1 unspecified atom stereocenters. The minimum atomic E-state index is -0.764. The van der Waals surface area contributed by atoms with Crippen molar-refractivity contribution in [2.75, 3.05) is 13.2 Å². The van der Waals surface area contributed by atoms with E-state index < -0.39 is 6.10 Å². The average molecular weight is 1000 g/mol. The van der Waals surface area contributed by atoms with Gasteiger partial charge in [-0.1, -0.05) is 324 Å². The maximum Gasteiger partial charge on any atom is 0.306 e. The molecule has 0 aliphatic heterocycles. The molecule has 0 saturated heterocycles. The lowest BCUT2D eigenvalue weighted by Crippen LogP contribution is -2.30. The molecular weight excluding hydrogens is 877 g/mol. The summed E-state index contributed by atoms with van der Waals surface area (Å²) in [5.41, 5.74) is 0. The molecule has 0 aliphatic carbocycles. The van der Waals surface area contributed by atoms with Crippen LogP contribution in [0.3, 0.4) is 0 Å². The molecule has 0 fully saturated rings. The fraction of sp³-hybridized carbons (Fsp3) is 0.954. The summed E-state index contributed by atoms with van der Waals surface area (Å²) >= 11 is 0. The summed E-state index contributed by atoms with van der Waals surface area (Å²) in [7, 11) is 0. The summed E-state index contributed by atoms with van der Waals surface area (Å²) in [5.74, 6) is 1.73. The Kier molecular flexibility index (Phi) is 54.9. The molecule has 0 amide bonds. The smallest absolute Gasteiger partial charge is 0.306 e. The summed E-state index contributed by atoms with van der Waals surface area (Å²) < 4.78 is 16.9. The fourth-order valence-corrected chi connectivity index (χ4v) is 10.0. The van der Waals surface area contributed by atoms with Crippen molar-refractivity contribution >= 4 is 17.9 Å². The summed E-state index contributed by atoms with van der Waals surface area (Å²) in [6.07, 6.45) is 61.1. The van der Waals surface area contributed by atoms with E-state index in [9.17, 15) is 14.4 Å². The van der Waals surface area contributed by atoms with E-state index in [-0.39, 0.29) is 31.1 Å². The lowest BCUT2D eigenvalue weighted by Gasteiger charge is -2.18. The Bertz CT molecular complexity index is 1100. The van der Waals surface area contributed by atoms with Gasteiger partial charge in [-0.05, 0) is 37.0 Å². The topological polar surface area (TPSA) is 78.9 Å². The van der Waals surface area contributed by atoms with E-state index in [1.54, 1.807) is 0 Å². The van der Waals surface area contributed by atoms with Crippen molar-refractivity contribution < 1.29 is 28.6 Å². The van der Waals surface area contributed by atoms with Crippen molar-refractivity contribution in [3.63, 3.8) is 0 Å². The van der Waals surface area contributed by atoms with E-state index in [4.69, 9.17) is 14.2 Å². The van der Waals surface area contributed by atoms with Gasteiger partial charge in [0.15, 0.2) is 6.10 Å². The Balaban J connectivity index is 4.21. The molecule has 0 spiro atoms. The van der Waals surface area contributed by atoms with Crippen LogP contribution in [0.5, 0.6) is 0 Å². The molecule has 0 N–H and O–H groups in total. The van der Waals surface area contributed by atoms with Crippen molar-refractivity contribution in [1.29, 1.82) is 0 Å². The van der Waals surface area contributed by atoms with E-state index in [1.807, 2.05) is 0 Å². The molecule has 0 rings (SSSR count). The molecule has 0 bridgehead atoms.